The Kier molecular flexibility index (Phi) is 6.98. The van der Waals surface area contributed by atoms with Gasteiger partial charge >= 0.3 is 0 Å². The number of amides is 1. The van der Waals surface area contributed by atoms with Crippen LogP contribution in [0.5, 0.6) is 0 Å². The number of hydrogen-bond donors (Lipinski definition) is 3. The molecule has 0 spiro atoms. The van der Waals surface area contributed by atoms with E-state index in [0.717, 1.165) is 27.8 Å². The lowest BCUT2D eigenvalue weighted by atomic mass is 9.94. The van der Waals surface area contributed by atoms with Crippen LogP contribution >= 0.6 is 0 Å². The molecule has 0 saturated heterocycles. The molecule has 4 N–H and O–H groups in total. The van der Waals surface area contributed by atoms with E-state index in [0.29, 0.717) is 22.6 Å². The van der Waals surface area contributed by atoms with Gasteiger partial charge in [0.15, 0.2) is 0 Å². The molecule has 1 amide bonds. The quantitative estimate of drug-likeness (QED) is 0.306. The third kappa shape index (κ3) is 5.35. The average Bonchev–Trinajstić information content (AvgIpc) is 2.73. The molecule has 0 bridgehead atoms. The Bertz CT molecular complexity index is 1180. The fraction of sp³-hybridized carbons (Fsp3) is 0.222. The fourth-order valence-electron chi connectivity index (χ4n) is 3.55. The number of hydrogen-bond acceptors (Lipinski definition) is 3. The third-order valence-electron chi connectivity index (χ3n) is 5.28. The first kappa shape index (κ1) is 23.1. The van der Waals surface area contributed by atoms with Crippen molar-refractivity contribution in [3.05, 3.63) is 82.7 Å². The van der Waals surface area contributed by atoms with Crippen molar-refractivity contribution in [1.29, 1.82) is 0 Å². The number of nitrogens with two attached hydrogens (primary N) is 1. The van der Waals surface area contributed by atoms with E-state index in [1.165, 1.54) is 0 Å². The van der Waals surface area contributed by atoms with E-state index in [2.05, 4.69) is 10.6 Å². The first-order chi connectivity index (χ1) is 15.2. The van der Waals surface area contributed by atoms with Crippen molar-refractivity contribution in [1.82, 2.24) is 0 Å². The molecule has 4 nitrogen and oxygen atoms in total. The van der Waals surface area contributed by atoms with E-state index < -0.39 is 0 Å². The summed E-state index contributed by atoms with van der Waals surface area (Å²) in [5, 5.41) is 5.96. The molecule has 3 rings (SSSR count). The minimum atomic E-state index is -0.273. The predicted octanol–water partition coefficient (Wildman–Crippen LogP) is 6.55. The van der Waals surface area contributed by atoms with Crippen molar-refractivity contribution >= 4 is 29.0 Å². The molecule has 166 valence electrons. The number of rotatable bonds is 6. The molecule has 0 unspecified atom stereocenters. The number of aryl methyl sites for hydroxylation is 2. The highest BCUT2D eigenvalue weighted by Gasteiger charge is 2.12. The number of nitrogens with one attached hydrogen (secondary N) is 2. The number of benzene rings is 3. The molecule has 5 heteroatoms. The maximum Gasteiger partial charge on any atom is 0.251 e. The minimum Gasteiger partial charge on any atom is -0.397 e. The van der Waals surface area contributed by atoms with Crippen molar-refractivity contribution in [3.63, 3.8) is 0 Å². The first-order valence-electron chi connectivity index (χ1n) is 10.7. The van der Waals surface area contributed by atoms with Gasteiger partial charge in [-0.3, -0.25) is 4.79 Å². The monoisotopic (exact) mass is 431 g/mol. The molecular formula is C27H30FN3O. The zero-order valence-corrected chi connectivity index (χ0v) is 19.2. The Morgan fingerprint density at radius 3 is 2.38 bits per heavy atom. The van der Waals surface area contributed by atoms with E-state index in [1.807, 2.05) is 64.1 Å². The number of carbonyl (C=O) groups excluding carboxylic acids is 1. The largest absolute Gasteiger partial charge is 0.397 e. The summed E-state index contributed by atoms with van der Waals surface area (Å²) in [5.41, 5.74) is 12.8. The lowest BCUT2D eigenvalue weighted by molar-refractivity contribution is -0.112. The molecule has 0 fully saturated rings. The molecule has 0 aliphatic rings. The molecular weight excluding hydrogens is 401 g/mol. The van der Waals surface area contributed by atoms with Crippen LogP contribution in [0, 0.1) is 19.7 Å². The summed E-state index contributed by atoms with van der Waals surface area (Å²) < 4.78 is 14.6. The lowest BCUT2D eigenvalue weighted by Crippen LogP contribution is -2.13. The molecule has 0 aromatic heterocycles. The highest BCUT2D eigenvalue weighted by molar-refractivity contribution is 6.07. The molecule has 0 radical (unpaired) electrons. The van der Waals surface area contributed by atoms with Crippen molar-refractivity contribution in [2.45, 2.75) is 40.7 Å². The van der Waals surface area contributed by atoms with E-state index in [4.69, 9.17) is 5.73 Å². The van der Waals surface area contributed by atoms with Crippen LogP contribution in [0.1, 0.15) is 37.5 Å². The predicted molar refractivity (Wildman–Crippen MR) is 133 cm³/mol. The first-order valence-corrected chi connectivity index (χ1v) is 10.7. The van der Waals surface area contributed by atoms with Crippen LogP contribution in [0.3, 0.4) is 0 Å². The van der Waals surface area contributed by atoms with E-state index in [-0.39, 0.29) is 17.8 Å². The van der Waals surface area contributed by atoms with Gasteiger partial charge in [0.05, 0.1) is 17.1 Å². The molecule has 0 saturated carbocycles. The zero-order chi connectivity index (χ0) is 23.4. The second-order valence-corrected chi connectivity index (χ2v) is 8.39. The van der Waals surface area contributed by atoms with Gasteiger partial charge in [-0.1, -0.05) is 30.3 Å². The van der Waals surface area contributed by atoms with Gasteiger partial charge in [0.1, 0.15) is 5.82 Å². The molecule has 0 aliphatic heterocycles. The molecule has 0 aliphatic carbocycles. The number of halogens is 1. The van der Waals surface area contributed by atoms with Crippen LogP contribution in [-0.2, 0) is 4.79 Å². The van der Waals surface area contributed by atoms with E-state index in [9.17, 15) is 9.18 Å². The Labute approximate surface area is 189 Å². The van der Waals surface area contributed by atoms with Crippen molar-refractivity contribution in [2.75, 3.05) is 16.4 Å². The minimum absolute atomic E-state index is 0.157. The Morgan fingerprint density at radius 2 is 1.72 bits per heavy atom. The number of nitrogen functional groups attached to an aromatic ring is 1. The summed E-state index contributed by atoms with van der Waals surface area (Å²) in [7, 11) is 0. The number of para-hydroxylation sites is 2. The number of carbonyl (C=O) groups is 1. The Morgan fingerprint density at radius 1 is 1.00 bits per heavy atom. The highest BCUT2D eigenvalue weighted by Crippen LogP contribution is 2.30. The van der Waals surface area contributed by atoms with Crippen LogP contribution < -0.4 is 16.4 Å². The van der Waals surface area contributed by atoms with Gasteiger partial charge in [-0.15, -0.1) is 0 Å². The standard InChI is InChI=1S/C27H30FN3O/c1-16(2)30-25-11-10-20(15-23(25)28)22-14-17(3)21(12-18(22)4)13-19(5)27(32)31-26-9-7-6-8-24(26)29/h6-16,30H,29H2,1-5H3,(H,31,32). The summed E-state index contributed by atoms with van der Waals surface area (Å²) in [6.07, 6.45) is 1.86. The van der Waals surface area contributed by atoms with Gasteiger partial charge in [0.2, 0.25) is 0 Å². The van der Waals surface area contributed by atoms with E-state index >= 15 is 0 Å². The second-order valence-electron chi connectivity index (χ2n) is 8.39. The lowest BCUT2D eigenvalue weighted by Gasteiger charge is -2.14. The molecule has 3 aromatic carbocycles. The fourth-order valence-corrected chi connectivity index (χ4v) is 3.55. The van der Waals surface area contributed by atoms with E-state index in [1.54, 1.807) is 31.2 Å². The van der Waals surface area contributed by atoms with Crippen LogP contribution in [0.4, 0.5) is 21.5 Å². The SMILES string of the molecule is CC(=Cc1cc(C)c(-c2ccc(NC(C)C)c(F)c2)cc1C)C(=O)Nc1ccccc1N. The summed E-state index contributed by atoms with van der Waals surface area (Å²) in [5.74, 6) is -0.482. The summed E-state index contributed by atoms with van der Waals surface area (Å²) >= 11 is 0. The van der Waals surface area contributed by atoms with Crippen LogP contribution in [0.15, 0.2) is 60.2 Å². The smallest absolute Gasteiger partial charge is 0.251 e. The Balaban J connectivity index is 1.86. The van der Waals surface area contributed by atoms with Crippen molar-refractivity contribution in [3.8, 4) is 11.1 Å². The van der Waals surface area contributed by atoms with Crippen LogP contribution in [0.2, 0.25) is 0 Å². The normalized spacial score (nSPS) is 11.5. The summed E-state index contributed by atoms with van der Waals surface area (Å²) in [6, 6.07) is 16.6. The van der Waals surface area contributed by atoms with Crippen molar-refractivity contribution < 1.29 is 9.18 Å². The highest BCUT2D eigenvalue weighted by atomic mass is 19.1. The molecule has 0 heterocycles. The van der Waals surface area contributed by atoms with Gasteiger partial charge in [-0.2, -0.15) is 0 Å². The van der Waals surface area contributed by atoms with Crippen LogP contribution in [-0.4, -0.2) is 11.9 Å². The molecule has 32 heavy (non-hydrogen) atoms. The van der Waals surface area contributed by atoms with Gasteiger partial charge < -0.3 is 16.4 Å². The summed E-state index contributed by atoms with van der Waals surface area (Å²) in [6.45, 7) is 9.70. The van der Waals surface area contributed by atoms with Gasteiger partial charge in [0.25, 0.3) is 5.91 Å². The Hall–Kier alpha value is -3.60. The third-order valence-corrected chi connectivity index (χ3v) is 5.28. The second kappa shape index (κ2) is 9.69. The maximum atomic E-state index is 14.6. The number of anilines is 3. The average molecular weight is 432 g/mol. The molecule has 3 aromatic rings. The maximum absolute atomic E-state index is 14.6. The van der Waals surface area contributed by atoms with Gasteiger partial charge in [-0.25, -0.2) is 4.39 Å². The van der Waals surface area contributed by atoms with Crippen molar-refractivity contribution in [2.24, 2.45) is 0 Å². The molecule has 0 atom stereocenters. The van der Waals surface area contributed by atoms with Gasteiger partial charge in [0, 0.05) is 11.6 Å². The van der Waals surface area contributed by atoms with Gasteiger partial charge in [-0.05, 0) is 92.8 Å². The zero-order valence-electron chi connectivity index (χ0n) is 19.2. The summed E-state index contributed by atoms with van der Waals surface area (Å²) in [4.78, 5) is 12.6. The topological polar surface area (TPSA) is 67.2 Å². The van der Waals surface area contributed by atoms with Crippen LogP contribution in [0.25, 0.3) is 17.2 Å².